The van der Waals surface area contributed by atoms with Gasteiger partial charge in [0.1, 0.15) is 22.7 Å². The van der Waals surface area contributed by atoms with Gasteiger partial charge in [-0.15, -0.1) is 0 Å². The topological polar surface area (TPSA) is 78.3 Å². The van der Waals surface area contributed by atoms with Crippen LogP contribution in [-0.4, -0.2) is 64.2 Å². The number of carbonyl (C=O) groups excluding carboxylic acids is 2. The zero-order chi connectivity index (χ0) is 38.8. The summed E-state index contributed by atoms with van der Waals surface area (Å²) in [4.78, 5) is 44.6. The van der Waals surface area contributed by atoms with Gasteiger partial charge in [-0.1, -0.05) is 98.6 Å². The SMILES string of the molecule is CCOc1cc(C(C)(C)C)ncc1C1=N[C@@](C)(c2ccc(Cl)cc2)[C@@](C)(c2ccc(Cl)cc2)N1C(=O)N1CCC(CC(=O)N(C)Cc2ccccc2)CC1. The van der Waals surface area contributed by atoms with Gasteiger partial charge in [0.2, 0.25) is 5.91 Å². The number of aliphatic imine (C=N–C) groups is 1. The molecule has 54 heavy (non-hydrogen) atoms. The van der Waals surface area contributed by atoms with Crippen LogP contribution in [0, 0.1) is 5.92 Å². The highest BCUT2D eigenvalue weighted by atomic mass is 35.5. The first kappa shape index (κ1) is 39.3. The summed E-state index contributed by atoms with van der Waals surface area (Å²) in [7, 11) is 1.86. The molecule has 2 aliphatic heterocycles. The molecule has 284 valence electrons. The fourth-order valence-electron chi connectivity index (χ4n) is 7.68. The first-order valence-corrected chi connectivity index (χ1v) is 19.5. The Morgan fingerprint density at radius 1 is 0.907 bits per heavy atom. The number of piperidine rings is 1. The van der Waals surface area contributed by atoms with Crippen molar-refractivity contribution in [3.63, 3.8) is 0 Å². The lowest BCUT2D eigenvalue weighted by Gasteiger charge is -2.47. The van der Waals surface area contributed by atoms with E-state index in [1.165, 1.54) is 0 Å². The minimum absolute atomic E-state index is 0.112. The molecule has 6 rings (SSSR count). The average Bonchev–Trinajstić information content (AvgIpc) is 3.39. The van der Waals surface area contributed by atoms with E-state index in [1.54, 1.807) is 11.1 Å². The molecule has 4 aromatic rings. The molecule has 0 bridgehead atoms. The Morgan fingerprint density at radius 3 is 2.07 bits per heavy atom. The van der Waals surface area contributed by atoms with Gasteiger partial charge in [-0.2, -0.15) is 0 Å². The summed E-state index contributed by atoms with van der Waals surface area (Å²) in [5, 5.41) is 1.21. The molecule has 1 aromatic heterocycles. The number of rotatable bonds is 9. The zero-order valence-electron chi connectivity index (χ0n) is 32.4. The molecule has 0 spiro atoms. The predicted octanol–water partition coefficient (Wildman–Crippen LogP) is 9.86. The van der Waals surface area contributed by atoms with E-state index in [-0.39, 0.29) is 23.3 Å². The number of halogens is 2. The Labute approximate surface area is 330 Å². The molecule has 3 aromatic carbocycles. The van der Waals surface area contributed by atoms with E-state index < -0.39 is 11.1 Å². The van der Waals surface area contributed by atoms with Crippen LogP contribution in [0.2, 0.25) is 10.0 Å². The number of carbonyl (C=O) groups is 2. The average molecular weight is 769 g/mol. The Kier molecular flexibility index (Phi) is 11.5. The van der Waals surface area contributed by atoms with Crippen LogP contribution in [0.15, 0.2) is 96.1 Å². The maximum absolute atomic E-state index is 15.3. The van der Waals surface area contributed by atoms with Crippen LogP contribution < -0.4 is 4.74 Å². The smallest absolute Gasteiger partial charge is 0.326 e. The van der Waals surface area contributed by atoms with Gasteiger partial charge < -0.3 is 14.5 Å². The second-order valence-corrected chi connectivity index (χ2v) is 16.7. The normalized spacial score (nSPS) is 20.5. The number of nitrogens with zero attached hydrogens (tertiary/aromatic N) is 5. The molecule has 2 atom stereocenters. The van der Waals surface area contributed by atoms with Gasteiger partial charge in [0.15, 0.2) is 0 Å². The lowest BCUT2D eigenvalue weighted by atomic mass is 9.71. The van der Waals surface area contributed by atoms with Crippen molar-refractivity contribution in [2.45, 2.75) is 83.8 Å². The molecule has 10 heteroatoms. The van der Waals surface area contributed by atoms with Gasteiger partial charge in [0, 0.05) is 66.5 Å². The predicted molar refractivity (Wildman–Crippen MR) is 217 cm³/mol. The third-order valence-corrected chi connectivity index (χ3v) is 11.7. The number of likely N-dealkylation sites (tertiary alicyclic amines) is 1. The molecule has 3 amide bonds. The minimum atomic E-state index is -1.03. The molecular formula is C44H51Cl2N5O3. The van der Waals surface area contributed by atoms with Gasteiger partial charge in [0.05, 0.1) is 12.2 Å². The number of urea groups is 1. The summed E-state index contributed by atoms with van der Waals surface area (Å²) < 4.78 is 6.30. The second kappa shape index (κ2) is 15.8. The van der Waals surface area contributed by atoms with Gasteiger partial charge >= 0.3 is 6.03 Å². The summed E-state index contributed by atoms with van der Waals surface area (Å²) in [5.41, 5.74) is 2.14. The largest absolute Gasteiger partial charge is 0.493 e. The summed E-state index contributed by atoms with van der Waals surface area (Å²) >= 11 is 12.9. The molecule has 0 unspecified atom stereocenters. The van der Waals surface area contributed by atoms with Crippen LogP contribution in [0.4, 0.5) is 4.79 Å². The second-order valence-electron chi connectivity index (χ2n) is 15.8. The fraction of sp³-hybridized carbons (Fsp3) is 0.409. The van der Waals surface area contributed by atoms with E-state index in [9.17, 15) is 4.79 Å². The Bertz CT molecular complexity index is 1990. The number of hydrogen-bond acceptors (Lipinski definition) is 5. The number of amidine groups is 1. The monoisotopic (exact) mass is 767 g/mol. The first-order valence-electron chi connectivity index (χ1n) is 18.8. The van der Waals surface area contributed by atoms with E-state index in [0.717, 1.165) is 35.2 Å². The van der Waals surface area contributed by atoms with E-state index in [4.69, 9.17) is 37.9 Å². The summed E-state index contributed by atoms with van der Waals surface area (Å²) in [5.74, 6) is 1.38. The number of pyridine rings is 1. The van der Waals surface area contributed by atoms with Crippen molar-refractivity contribution in [1.82, 2.24) is 19.7 Å². The van der Waals surface area contributed by atoms with Crippen LogP contribution in [0.25, 0.3) is 0 Å². The molecular weight excluding hydrogens is 717 g/mol. The molecule has 0 aliphatic carbocycles. The Hall–Kier alpha value is -4.40. The quantitative estimate of drug-likeness (QED) is 0.170. The molecule has 3 heterocycles. The molecule has 0 saturated carbocycles. The summed E-state index contributed by atoms with van der Waals surface area (Å²) in [6.07, 6.45) is 3.68. The summed E-state index contributed by atoms with van der Waals surface area (Å²) in [6.45, 7) is 14.4. The highest BCUT2D eigenvalue weighted by Gasteiger charge is 2.60. The van der Waals surface area contributed by atoms with Crippen LogP contribution >= 0.6 is 23.2 Å². The third kappa shape index (κ3) is 7.74. The number of hydrogen-bond donors (Lipinski definition) is 0. The van der Waals surface area contributed by atoms with E-state index in [2.05, 4.69) is 34.6 Å². The molecule has 0 N–H and O–H groups in total. The van der Waals surface area contributed by atoms with Crippen LogP contribution in [0.3, 0.4) is 0 Å². The van der Waals surface area contributed by atoms with Gasteiger partial charge in [0.25, 0.3) is 0 Å². The van der Waals surface area contributed by atoms with Crippen LogP contribution in [0.5, 0.6) is 5.75 Å². The standard InChI is InChI=1S/C44H51Cl2N5O3/c1-8-54-37-27-38(42(2,3)4)47-28-36(37)40-48-43(5,32-14-18-34(45)19-15-32)44(6,33-16-20-35(46)21-17-33)51(40)41(53)50-24-22-30(23-25-50)26-39(52)49(7)29-31-12-10-9-11-13-31/h9-21,27-28,30H,8,22-26,29H2,1-7H3/t43-,44+/m0/s1. The molecule has 1 saturated heterocycles. The van der Waals surface area contributed by atoms with Crippen molar-refractivity contribution < 1.29 is 14.3 Å². The van der Waals surface area contributed by atoms with Gasteiger partial charge in [-0.25, -0.2) is 4.79 Å². The summed E-state index contributed by atoms with van der Waals surface area (Å²) in [6, 6.07) is 27.2. The van der Waals surface area contributed by atoms with Crippen molar-refractivity contribution in [2.75, 3.05) is 26.7 Å². The number of aromatic nitrogens is 1. The molecule has 8 nitrogen and oxygen atoms in total. The van der Waals surface area contributed by atoms with Crippen molar-refractivity contribution in [1.29, 1.82) is 0 Å². The number of amides is 3. The Morgan fingerprint density at radius 2 is 1.50 bits per heavy atom. The van der Waals surface area contributed by atoms with Crippen LogP contribution in [0.1, 0.15) is 88.8 Å². The van der Waals surface area contributed by atoms with E-state index in [0.29, 0.717) is 59.9 Å². The van der Waals surface area contributed by atoms with Gasteiger partial charge in [-0.05, 0) is 80.5 Å². The molecule has 2 aliphatic rings. The lowest BCUT2D eigenvalue weighted by Crippen LogP contribution is -2.59. The highest BCUT2D eigenvalue weighted by Crippen LogP contribution is 2.54. The fourth-order valence-corrected chi connectivity index (χ4v) is 7.93. The van der Waals surface area contributed by atoms with Crippen molar-refractivity contribution in [3.8, 4) is 5.75 Å². The van der Waals surface area contributed by atoms with E-state index in [1.807, 2.05) is 109 Å². The van der Waals surface area contributed by atoms with Crippen molar-refractivity contribution >= 4 is 41.0 Å². The maximum atomic E-state index is 15.3. The van der Waals surface area contributed by atoms with Crippen molar-refractivity contribution in [3.05, 3.63) is 129 Å². The maximum Gasteiger partial charge on any atom is 0.326 e. The third-order valence-electron chi connectivity index (χ3n) is 11.2. The first-order chi connectivity index (χ1) is 25.7. The highest BCUT2D eigenvalue weighted by molar-refractivity contribution is 6.30. The van der Waals surface area contributed by atoms with Gasteiger partial charge in [-0.3, -0.25) is 19.7 Å². The number of ether oxygens (including phenoxy) is 1. The molecule has 1 fully saturated rings. The zero-order valence-corrected chi connectivity index (χ0v) is 33.9. The lowest BCUT2D eigenvalue weighted by molar-refractivity contribution is -0.131. The number of benzene rings is 3. The van der Waals surface area contributed by atoms with E-state index >= 15 is 4.79 Å². The minimum Gasteiger partial charge on any atom is -0.493 e. The molecule has 0 radical (unpaired) electrons. The van der Waals surface area contributed by atoms with Crippen LogP contribution in [-0.2, 0) is 27.8 Å². The Balaban J connectivity index is 1.38. The van der Waals surface area contributed by atoms with Crippen molar-refractivity contribution in [2.24, 2.45) is 10.9 Å².